The highest BCUT2D eigenvalue weighted by Crippen LogP contribution is 2.02. The molecule has 0 saturated heterocycles. The number of anilines is 1. The summed E-state index contributed by atoms with van der Waals surface area (Å²) in [6.45, 7) is 3.51. The van der Waals surface area contributed by atoms with Crippen LogP contribution in [0.15, 0.2) is 66.0 Å². The second kappa shape index (κ2) is 7.06. The molecule has 1 aromatic carbocycles. The Morgan fingerprint density at radius 1 is 1.29 bits per heavy atom. The molecule has 3 nitrogen and oxygen atoms in total. The van der Waals surface area contributed by atoms with Crippen molar-refractivity contribution < 1.29 is 9.21 Å². The number of hydrogen-bond acceptors (Lipinski definition) is 3. The van der Waals surface area contributed by atoms with E-state index in [1.165, 1.54) is 12.5 Å². The van der Waals surface area contributed by atoms with E-state index in [0.29, 0.717) is 12.1 Å². The predicted molar refractivity (Wildman–Crippen MR) is 68.7 cm³/mol. The average Bonchev–Trinajstić information content (AvgIpc) is 2.83. The summed E-state index contributed by atoms with van der Waals surface area (Å²) in [6, 6.07) is 10.9. The number of carbonyl (C=O) groups is 1. The molecule has 1 aromatic heterocycles. The van der Waals surface area contributed by atoms with E-state index in [1.54, 1.807) is 12.1 Å². The zero-order valence-corrected chi connectivity index (χ0v) is 9.50. The van der Waals surface area contributed by atoms with Crippen molar-refractivity contribution >= 4 is 11.5 Å². The number of allylic oxidation sites excluding steroid dienone is 1. The Bertz CT molecular complexity index is 446. The zero-order chi connectivity index (χ0) is 12.5. The van der Waals surface area contributed by atoms with Crippen molar-refractivity contribution in [1.29, 1.82) is 0 Å². The standard InChI is InChI=1S/C10H10O.C4H5NO/c1-2-6-10(11)9-7-4-3-5-8-9;5-4-1-2-6-3-4/h2-5,7-8H,1,6H2;1-3H,5H2. The number of Topliss-reactive ketones (excluding diaryl/α,β-unsaturated/α-hetero) is 1. The van der Waals surface area contributed by atoms with E-state index in [9.17, 15) is 4.79 Å². The molecular weight excluding hydrogens is 214 g/mol. The molecule has 0 spiro atoms. The highest BCUT2D eigenvalue weighted by Gasteiger charge is 1.99. The molecule has 1 heterocycles. The molecule has 0 aliphatic carbocycles. The minimum Gasteiger partial charge on any atom is -0.470 e. The molecule has 2 N–H and O–H groups in total. The van der Waals surface area contributed by atoms with Crippen LogP contribution >= 0.6 is 0 Å². The van der Waals surface area contributed by atoms with Crippen LogP contribution < -0.4 is 5.73 Å². The van der Waals surface area contributed by atoms with E-state index in [4.69, 9.17) is 5.73 Å². The van der Waals surface area contributed by atoms with E-state index in [1.807, 2.05) is 30.3 Å². The fourth-order valence-corrected chi connectivity index (χ4v) is 1.15. The lowest BCUT2D eigenvalue weighted by Crippen LogP contribution is -1.95. The molecule has 0 fully saturated rings. The maximum atomic E-state index is 11.2. The topological polar surface area (TPSA) is 56.2 Å². The number of ketones is 1. The second-order valence-electron chi connectivity index (χ2n) is 3.34. The van der Waals surface area contributed by atoms with Gasteiger partial charge in [0.1, 0.15) is 6.26 Å². The third-order valence-corrected chi connectivity index (χ3v) is 1.97. The van der Waals surface area contributed by atoms with Gasteiger partial charge in [-0.1, -0.05) is 36.4 Å². The largest absolute Gasteiger partial charge is 0.470 e. The summed E-state index contributed by atoms with van der Waals surface area (Å²) >= 11 is 0. The van der Waals surface area contributed by atoms with Crippen LogP contribution in [-0.4, -0.2) is 5.78 Å². The van der Waals surface area contributed by atoms with Crippen LogP contribution in [0.5, 0.6) is 0 Å². The maximum Gasteiger partial charge on any atom is 0.166 e. The normalized spacial score (nSPS) is 8.94. The molecule has 17 heavy (non-hydrogen) atoms. The summed E-state index contributed by atoms with van der Waals surface area (Å²) in [6.07, 6.45) is 5.06. The molecular formula is C14H15NO2. The molecule has 2 aromatic rings. The van der Waals surface area contributed by atoms with Crippen molar-refractivity contribution in [3.8, 4) is 0 Å². The van der Waals surface area contributed by atoms with Gasteiger partial charge in [-0.25, -0.2) is 0 Å². The van der Waals surface area contributed by atoms with Crippen LogP contribution in [0.1, 0.15) is 16.8 Å². The van der Waals surface area contributed by atoms with Crippen molar-refractivity contribution in [2.45, 2.75) is 6.42 Å². The Labute approximate surface area is 101 Å². The zero-order valence-electron chi connectivity index (χ0n) is 9.50. The number of hydrogen-bond donors (Lipinski definition) is 1. The Morgan fingerprint density at radius 2 is 2.00 bits per heavy atom. The molecule has 0 aliphatic heterocycles. The van der Waals surface area contributed by atoms with Gasteiger partial charge >= 0.3 is 0 Å². The summed E-state index contributed by atoms with van der Waals surface area (Å²) in [5, 5.41) is 0. The van der Waals surface area contributed by atoms with Gasteiger partial charge in [0.2, 0.25) is 0 Å². The molecule has 0 radical (unpaired) electrons. The number of benzene rings is 1. The minimum atomic E-state index is 0.126. The second-order valence-corrected chi connectivity index (χ2v) is 3.34. The molecule has 2 rings (SSSR count). The summed E-state index contributed by atoms with van der Waals surface area (Å²) in [7, 11) is 0. The van der Waals surface area contributed by atoms with Gasteiger partial charge in [0.15, 0.2) is 5.78 Å². The third-order valence-electron chi connectivity index (χ3n) is 1.97. The first-order chi connectivity index (χ1) is 8.24. The third kappa shape index (κ3) is 4.84. The van der Waals surface area contributed by atoms with Crippen LogP contribution in [0.2, 0.25) is 0 Å². The van der Waals surface area contributed by atoms with Gasteiger partial charge in [-0.15, -0.1) is 6.58 Å². The van der Waals surface area contributed by atoms with Crippen LogP contribution in [0.25, 0.3) is 0 Å². The fraction of sp³-hybridized carbons (Fsp3) is 0.0714. The van der Waals surface area contributed by atoms with Crippen LogP contribution in [-0.2, 0) is 0 Å². The number of nitrogen functional groups attached to an aromatic ring is 1. The van der Waals surface area contributed by atoms with Crippen molar-refractivity contribution in [3.05, 3.63) is 67.1 Å². The highest BCUT2D eigenvalue weighted by molar-refractivity contribution is 5.96. The van der Waals surface area contributed by atoms with E-state index in [-0.39, 0.29) is 5.78 Å². The molecule has 0 saturated carbocycles. The average molecular weight is 229 g/mol. The van der Waals surface area contributed by atoms with Gasteiger partial charge < -0.3 is 10.2 Å². The van der Waals surface area contributed by atoms with E-state index >= 15 is 0 Å². The molecule has 3 heteroatoms. The molecule has 0 amide bonds. The fourth-order valence-electron chi connectivity index (χ4n) is 1.15. The van der Waals surface area contributed by atoms with Gasteiger partial charge in [-0.3, -0.25) is 4.79 Å². The van der Waals surface area contributed by atoms with E-state index in [2.05, 4.69) is 11.0 Å². The monoisotopic (exact) mass is 229 g/mol. The lowest BCUT2D eigenvalue weighted by atomic mass is 10.1. The van der Waals surface area contributed by atoms with Gasteiger partial charge in [0, 0.05) is 12.0 Å². The Hall–Kier alpha value is -2.29. The molecule has 0 atom stereocenters. The SMILES string of the molecule is C=CCC(=O)c1ccccc1.Nc1ccoc1. The van der Waals surface area contributed by atoms with Crippen molar-refractivity contribution in [2.75, 3.05) is 5.73 Å². The van der Waals surface area contributed by atoms with Gasteiger partial charge in [-0.2, -0.15) is 0 Å². The Kier molecular flexibility index (Phi) is 5.31. The van der Waals surface area contributed by atoms with E-state index < -0.39 is 0 Å². The smallest absolute Gasteiger partial charge is 0.166 e. The first kappa shape index (κ1) is 12.8. The minimum absolute atomic E-state index is 0.126. The first-order valence-electron chi connectivity index (χ1n) is 5.21. The summed E-state index contributed by atoms with van der Waals surface area (Å²) in [5.74, 6) is 0.126. The van der Waals surface area contributed by atoms with Crippen molar-refractivity contribution in [1.82, 2.24) is 0 Å². The molecule has 0 aliphatic rings. The van der Waals surface area contributed by atoms with Crippen molar-refractivity contribution in [3.63, 3.8) is 0 Å². The van der Waals surface area contributed by atoms with Gasteiger partial charge in [0.05, 0.1) is 12.0 Å². The number of carbonyl (C=O) groups excluding carboxylic acids is 1. The first-order valence-corrected chi connectivity index (χ1v) is 5.21. The van der Waals surface area contributed by atoms with Gasteiger partial charge in [-0.05, 0) is 6.07 Å². The molecule has 88 valence electrons. The molecule has 0 unspecified atom stereocenters. The summed E-state index contributed by atoms with van der Waals surface area (Å²) < 4.78 is 4.59. The Morgan fingerprint density at radius 3 is 2.41 bits per heavy atom. The van der Waals surface area contributed by atoms with Crippen LogP contribution in [0.4, 0.5) is 5.69 Å². The lowest BCUT2D eigenvalue weighted by molar-refractivity contribution is 0.0996. The number of nitrogens with two attached hydrogens (primary N) is 1. The van der Waals surface area contributed by atoms with Crippen LogP contribution in [0, 0.1) is 0 Å². The lowest BCUT2D eigenvalue weighted by Gasteiger charge is -1.94. The summed E-state index contributed by atoms with van der Waals surface area (Å²) in [4.78, 5) is 11.2. The predicted octanol–water partition coefficient (Wildman–Crippen LogP) is 3.31. The van der Waals surface area contributed by atoms with E-state index in [0.717, 1.165) is 5.56 Å². The molecule has 0 bridgehead atoms. The Balaban J connectivity index is 0.000000202. The maximum absolute atomic E-state index is 11.2. The van der Waals surface area contributed by atoms with Gasteiger partial charge in [0.25, 0.3) is 0 Å². The van der Waals surface area contributed by atoms with Crippen LogP contribution in [0.3, 0.4) is 0 Å². The quantitative estimate of drug-likeness (QED) is 0.649. The summed E-state index contributed by atoms with van der Waals surface area (Å²) in [5.41, 5.74) is 6.62. The number of furan rings is 1. The van der Waals surface area contributed by atoms with Crippen molar-refractivity contribution in [2.24, 2.45) is 0 Å². The highest BCUT2D eigenvalue weighted by atomic mass is 16.3. The number of rotatable bonds is 3.